The summed E-state index contributed by atoms with van der Waals surface area (Å²) in [6.45, 7) is 1.67. The number of esters is 1. The van der Waals surface area contributed by atoms with E-state index in [4.69, 9.17) is 0 Å². The minimum absolute atomic E-state index is 0.149. The molecule has 0 fully saturated rings. The first-order valence-corrected chi connectivity index (χ1v) is 5.61. The average Bonchev–Trinajstić information content (AvgIpc) is 2.71. The van der Waals surface area contributed by atoms with Gasteiger partial charge in [0.1, 0.15) is 15.6 Å². The number of aryl methyl sites for hydroxylation is 1. The molecule has 0 unspecified atom stereocenters. The Kier molecular flexibility index (Phi) is 3.14. The first-order valence-electron chi connectivity index (χ1n) is 4.80. The lowest BCUT2D eigenvalue weighted by molar-refractivity contribution is 0.0605. The number of methoxy groups -OCH3 is 1. The predicted molar refractivity (Wildman–Crippen MR) is 61.4 cm³/mol. The Hall–Kier alpha value is -1.82. The van der Waals surface area contributed by atoms with Crippen molar-refractivity contribution in [2.75, 3.05) is 7.11 Å². The standard InChI is InChI=1S/C11H9FN2O2S/c1-6-9(11(15)16-2)17-10(14-6)8-7(12)4-3-5-13-8/h3-5H,1-2H3. The van der Waals surface area contributed by atoms with Crippen LogP contribution in [0.15, 0.2) is 18.3 Å². The Labute approximate surface area is 101 Å². The van der Waals surface area contributed by atoms with E-state index in [0.29, 0.717) is 15.6 Å². The third-order valence-electron chi connectivity index (χ3n) is 2.13. The smallest absolute Gasteiger partial charge is 0.349 e. The van der Waals surface area contributed by atoms with Gasteiger partial charge in [0, 0.05) is 6.20 Å². The SMILES string of the molecule is COC(=O)c1sc(-c2ncccc2F)nc1C. The van der Waals surface area contributed by atoms with Crippen LogP contribution in [0.3, 0.4) is 0 Å². The second kappa shape index (κ2) is 4.58. The highest BCUT2D eigenvalue weighted by Gasteiger charge is 2.18. The monoisotopic (exact) mass is 252 g/mol. The van der Waals surface area contributed by atoms with Crippen molar-refractivity contribution in [2.45, 2.75) is 6.92 Å². The molecule has 0 N–H and O–H groups in total. The molecule has 17 heavy (non-hydrogen) atoms. The topological polar surface area (TPSA) is 52.1 Å². The van der Waals surface area contributed by atoms with Crippen LogP contribution < -0.4 is 0 Å². The maximum absolute atomic E-state index is 13.5. The Bertz CT molecular complexity index is 568. The number of hydrogen-bond donors (Lipinski definition) is 0. The molecule has 88 valence electrons. The van der Waals surface area contributed by atoms with Crippen LogP contribution in [0.1, 0.15) is 15.4 Å². The van der Waals surface area contributed by atoms with Gasteiger partial charge < -0.3 is 4.74 Å². The molecule has 2 rings (SSSR count). The van der Waals surface area contributed by atoms with E-state index < -0.39 is 11.8 Å². The van der Waals surface area contributed by atoms with E-state index in [0.717, 1.165) is 11.3 Å². The van der Waals surface area contributed by atoms with Crippen molar-refractivity contribution in [3.63, 3.8) is 0 Å². The lowest BCUT2D eigenvalue weighted by Gasteiger charge is -1.95. The van der Waals surface area contributed by atoms with Gasteiger partial charge >= 0.3 is 5.97 Å². The Morgan fingerprint density at radius 1 is 1.53 bits per heavy atom. The molecular formula is C11H9FN2O2S. The first kappa shape index (κ1) is 11.7. The van der Waals surface area contributed by atoms with Crippen LogP contribution in [0.4, 0.5) is 4.39 Å². The van der Waals surface area contributed by atoms with Crippen LogP contribution >= 0.6 is 11.3 Å². The predicted octanol–water partition coefficient (Wildman–Crippen LogP) is 2.44. The van der Waals surface area contributed by atoms with Crippen molar-refractivity contribution in [3.8, 4) is 10.7 Å². The van der Waals surface area contributed by atoms with Crippen molar-refractivity contribution >= 4 is 17.3 Å². The number of carbonyl (C=O) groups is 1. The number of rotatable bonds is 2. The molecule has 2 aromatic rings. The molecule has 0 spiro atoms. The van der Waals surface area contributed by atoms with Crippen molar-refractivity contribution < 1.29 is 13.9 Å². The van der Waals surface area contributed by atoms with Gasteiger partial charge in [-0.15, -0.1) is 11.3 Å². The minimum atomic E-state index is -0.470. The second-order valence-electron chi connectivity index (χ2n) is 3.26. The van der Waals surface area contributed by atoms with Crippen molar-refractivity contribution in [3.05, 3.63) is 34.7 Å². The third kappa shape index (κ3) is 2.16. The molecule has 6 heteroatoms. The minimum Gasteiger partial charge on any atom is -0.465 e. The third-order valence-corrected chi connectivity index (χ3v) is 3.27. The van der Waals surface area contributed by atoms with Gasteiger partial charge in [0.05, 0.1) is 12.8 Å². The molecule has 0 bridgehead atoms. The van der Waals surface area contributed by atoms with E-state index in [1.54, 1.807) is 6.92 Å². The number of hydrogen-bond acceptors (Lipinski definition) is 5. The van der Waals surface area contributed by atoms with Gasteiger partial charge in [0.2, 0.25) is 0 Å². The fraction of sp³-hybridized carbons (Fsp3) is 0.182. The second-order valence-corrected chi connectivity index (χ2v) is 4.26. The van der Waals surface area contributed by atoms with Crippen LogP contribution in [0, 0.1) is 12.7 Å². The van der Waals surface area contributed by atoms with Crippen LogP contribution in [0.2, 0.25) is 0 Å². The molecule has 0 aliphatic carbocycles. The lowest BCUT2D eigenvalue weighted by Crippen LogP contribution is -1.99. The lowest BCUT2D eigenvalue weighted by atomic mass is 10.3. The van der Waals surface area contributed by atoms with Gasteiger partial charge in [0.15, 0.2) is 5.82 Å². The summed E-state index contributed by atoms with van der Waals surface area (Å²) in [6.07, 6.45) is 1.48. The number of halogens is 1. The number of ether oxygens (including phenoxy) is 1. The van der Waals surface area contributed by atoms with Gasteiger partial charge in [-0.05, 0) is 19.1 Å². The van der Waals surface area contributed by atoms with Crippen LogP contribution in [0.5, 0.6) is 0 Å². The number of pyridine rings is 1. The summed E-state index contributed by atoms with van der Waals surface area (Å²) in [7, 11) is 1.29. The quantitative estimate of drug-likeness (QED) is 0.770. The van der Waals surface area contributed by atoms with Crippen molar-refractivity contribution in [1.29, 1.82) is 0 Å². The summed E-state index contributed by atoms with van der Waals surface area (Å²) in [5, 5.41) is 0.376. The molecular weight excluding hydrogens is 243 g/mol. The molecule has 0 aliphatic rings. The molecule has 0 radical (unpaired) electrons. The summed E-state index contributed by atoms with van der Waals surface area (Å²) in [6, 6.07) is 2.80. The highest BCUT2D eigenvalue weighted by atomic mass is 32.1. The summed E-state index contributed by atoms with van der Waals surface area (Å²) >= 11 is 1.07. The van der Waals surface area contributed by atoms with Gasteiger partial charge in [-0.3, -0.25) is 4.98 Å². The zero-order valence-corrected chi connectivity index (χ0v) is 10.0. The van der Waals surface area contributed by atoms with Gasteiger partial charge in [-0.2, -0.15) is 0 Å². The maximum atomic E-state index is 13.5. The molecule has 0 amide bonds. The molecule has 0 saturated carbocycles. The molecule has 0 saturated heterocycles. The largest absolute Gasteiger partial charge is 0.465 e. The van der Waals surface area contributed by atoms with Crippen molar-refractivity contribution in [1.82, 2.24) is 9.97 Å². The van der Waals surface area contributed by atoms with E-state index in [-0.39, 0.29) is 5.69 Å². The Morgan fingerprint density at radius 3 is 2.94 bits per heavy atom. The number of carbonyl (C=O) groups excluding carboxylic acids is 1. The van der Waals surface area contributed by atoms with Crippen LogP contribution in [0.25, 0.3) is 10.7 Å². The molecule has 0 atom stereocenters. The van der Waals surface area contributed by atoms with Gasteiger partial charge in [-0.25, -0.2) is 14.2 Å². The van der Waals surface area contributed by atoms with E-state index in [2.05, 4.69) is 14.7 Å². The van der Waals surface area contributed by atoms with Crippen molar-refractivity contribution in [2.24, 2.45) is 0 Å². The van der Waals surface area contributed by atoms with Crippen LogP contribution in [-0.4, -0.2) is 23.0 Å². The summed E-state index contributed by atoms with van der Waals surface area (Å²) in [5.74, 6) is -0.930. The van der Waals surface area contributed by atoms with E-state index in [1.807, 2.05) is 0 Å². The summed E-state index contributed by atoms with van der Waals surface area (Å²) < 4.78 is 18.1. The zero-order chi connectivity index (χ0) is 12.4. The fourth-order valence-corrected chi connectivity index (χ4v) is 2.31. The van der Waals surface area contributed by atoms with E-state index in [9.17, 15) is 9.18 Å². The fourth-order valence-electron chi connectivity index (χ4n) is 1.32. The van der Waals surface area contributed by atoms with Gasteiger partial charge in [-0.1, -0.05) is 0 Å². The summed E-state index contributed by atoms with van der Waals surface area (Å²) in [5.41, 5.74) is 0.664. The van der Waals surface area contributed by atoms with Gasteiger partial charge in [0.25, 0.3) is 0 Å². The Morgan fingerprint density at radius 2 is 2.29 bits per heavy atom. The maximum Gasteiger partial charge on any atom is 0.349 e. The highest BCUT2D eigenvalue weighted by Crippen LogP contribution is 2.28. The van der Waals surface area contributed by atoms with E-state index in [1.165, 1.54) is 25.4 Å². The van der Waals surface area contributed by atoms with Crippen LogP contribution in [-0.2, 0) is 4.74 Å². The highest BCUT2D eigenvalue weighted by molar-refractivity contribution is 7.17. The summed E-state index contributed by atoms with van der Waals surface area (Å²) in [4.78, 5) is 19.8. The number of nitrogens with zero attached hydrogens (tertiary/aromatic N) is 2. The first-order chi connectivity index (χ1) is 8.13. The van der Waals surface area contributed by atoms with E-state index >= 15 is 0 Å². The number of aromatic nitrogens is 2. The number of thiazole rings is 1. The molecule has 2 aromatic heterocycles. The normalized spacial score (nSPS) is 10.3. The zero-order valence-electron chi connectivity index (χ0n) is 9.23. The average molecular weight is 252 g/mol. The molecule has 0 aromatic carbocycles. The molecule has 0 aliphatic heterocycles. The molecule has 2 heterocycles. The molecule has 4 nitrogen and oxygen atoms in total. The Balaban J connectivity index is 2.49.